The van der Waals surface area contributed by atoms with E-state index in [-0.39, 0.29) is 12.4 Å². The number of aryl methyl sites for hydroxylation is 1. The fourth-order valence-corrected chi connectivity index (χ4v) is 2.29. The van der Waals surface area contributed by atoms with Gasteiger partial charge < -0.3 is 14.5 Å². The molecule has 2 rings (SSSR count). The monoisotopic (exact) mass is 341 g/mol. The summed E-state index contributed by atoms with van der Waals surface area (Å²) in [6.07, 6.45) is 0. The summed E-state index contributed by atoms with van der Waals surface area (Å²) in [7, 11) is 0. The molecule has 5 heteroatoms. The van der Waals surface area contributed by atoms with E-state index >= 15 is 0 Å². The van der Waals surface area contributed by atoms with E-state index in [4.69, 9.17) is 9.15 Å². The molecular formula is C15H17BrFNO2. The Morgan fingerprint density at radius 1 is 1.30 bits per heavy atom. The average Bonchev–Trinajstić information content (AvgIpc) is 2.73. The lowest BCUT2D eigenvalue weighted by Gasteiger charge is -2.05. The zero-order valence-electron chi connectivity index (χ0n) is 11.5. The van der Waals surface area contributed by atoms with Crippen molar-refractivity contribution >= 4 is 15.9 Å². The minimum absolute atomic E-state index is 0.281. The maximum atomic E-state index is 13.2. The van der Waals surface area contributed by atoms with Crippen molar-refractivity contribution in [2.75, 3.05) is 6.54 Å². The molecule has 0 unspecified atom stereocenters. The predicted molar refractivity (Wildman–Crippen MR) is 79.3 cm³/mol. The number of furan rings is 1. The Kier molecular flexibility index (Phi) is 5.20. The molecule has 0 aliphatic heterocycles. The standard InChI is InChI=1S/C15H17BrFNO2/c1-3-18-8-15-10(2)4-14(20-15)9-19-13-6-11(16)5-12(17)7-13/h4-7,18H,3,8-9H2,1-2H3. The normalized spacial score (nSPS) is 10.8. The first-order valence-corrected chi connectivity index (χ1v) is 7.25. The Hall–Kier alpha value is -1.33. The van der Waals surface area contributed by atoms with Crippen LogP contribution in [-0.4, -0.2) is 6.54 Å². The van der Waals surface area contributed by atoms with Crippen LogP contribution >= 0.6 is 15.9 Å². The number of halogens is 2. The largest absolute Gasteiger partial charge is 0.486 e. The summed E-state index contributed by atoms with van der Waals surface area (Å²) in [6, 6.07) is 6.40. The number of hydrogen-bond donors (Lipinski definition) is 1. The quantitative estimate of drug-likeness (QED) is 0.855. The van der Waals surface area contributed by atoms with E-state index in [1.54, 1.807) is 6.07 Å². The van der Waals surface area contributed by atoms with Crippen LogP contribution in [0.2, 0.25) is 0 Å². The van der Waals surface area contributed by atoms with E-state index < -0.39 is 0 Å². The summed E-state index contributed by atoms with van der Waals surface area (Å²) in [5.41, 5.74) is 1.09. The third-order valence-electron chi connectivity index (χ3n) is 2.82. The molecule has 3 nitrogen and oxygen atoms in total. The Morgan fingerprint density at radius 2 is 2.10 bits per heavy atom. The van der Waals surface area contributed by atoms with E-state index in [9.17, 15) is 4.39 Å². The summed E-state index contributed by atoms with van der Waals surface area (Å²) < 4.78 is 25.1. The summed E-state index contributed by atoms with van der Waals surface area (Å²) in [4.78, 5) is 0. The van der Waals surface area contributed by atoms with Crippen molar-refractivity contribution in [1.29, 1.82) is 0 Å². The summed E-state index contributed by atoms with van der Waals surface area (Å²) >= 11 is 3.23. The topological polar surface area (TPSA) is 34.4 Å². The van der Waals surface area contributed by atoms with Crippen molar-refractivity contribution in [3.63, 3.8) is 0 Å². The highest BCUT2D eigenvalue weighted by molar-refractivity contribution is 9.10. The Morgan fingerprint density at radius 3 is 2.80 bits per heavy atom. The lowest BCUT2D eigenvalue weighted by Crippen LogP contribution is -2.11. The minimum atomic E-state index is -0.335. The van der Waals surface area contributed by atoms with Gasteiger partial charge in [-0.2, -0.15) is 0 Å². The van der Waals surface area contributed by atoms with Crippen LogP contribution in [0.5, 0.6) is 5.75 Å². The van der Waals surface area contributed by atoms with Gasteiger partial charge in [-0.3, -0.25) is 0 Å². The van der Waals surface area contributed by atoms with Gasteiger partial charge in [0.05, 0.1) is 6.54 Å². The van der Waals surface area contributed by atoms with Crippen LogP contribution in [0.1, 0.15) is 24.0 Å². The van der Waals surface area contributed by atoms with Gasteiger partial charge in [-0.1, -0.05) is 22.9 Å². The van der Waals surface area contributed by atoms with Gasteiger partial charge in [-0.15, -0.1) is 0 Å². The molecule has 1 aromatic carbocycles. The van der Waals surface area contributed by atoms with Crippen molar-refractivity contribution in [2.24, 2.45) is 0 Å². The molecule has 0 aliphatic carbocycles. The lowest BCUT2D eigenvalue weighted by atomic mass is 10.2. The average molecular weight is 342 g/mol. The highest BCUT2D eigenvalue weighted by Crippen LogP contribution is 2.22. The first-order chi connectivity index (χ1) is 9.58. The Labute approximate surface area is 126 Å². The smallest absolute Gasteiger partial charge is 0.146 e. The van der Waals surface area contributed by atoms with Gasteiger partial charge in [-0.05, 0) is 37.2 Å². The number of hydrogen-bond acceptors (Lipinski definition) is 3. The SMILES string of the molecule is CCNCc1oc(COc2cc(F)cc(Br)c2)cc1C. The van der Waals surface area contributed by atoms with Gasteiger partial charge in [-0.25, -0.2) is 4.39 Å². The molecule has 0 amide bonds. The van der Waals surface area contributed by atoms with Crippen LogP contribution in [0.15, 0.2) is 33.2 Å². The maximum Gasteiger partial charge on any atom is 0.146 e. The van der Waals surface area contributed by atoms with Crippen LogP contribution in [0.3, 0.4) is 0 Å². The second kappa shape index (κ2) is 6.90. The lowest BCUT2D eigenvalue weighted by molar-refractivity contribution is 0.264. The number of ether oxygens (including phenoxy) is 1. The van der Waals surface area contributed by atoms with Crippen molar-refractivity contribution in [1.82, 2.24) is 5.32 Å². The van der Waals surface area contributed by atoms with Gasteiger partial charge in [0, 0.05) is 10.5 Å². The molecule has 0 atom stereocenters. The van der Waals surface area contributed by atoms with Crippen molar-refractivity contribution in [3.8, 4) is 5.75 Å². The van der Waals surface area contributed by atoms with Gasteiger partial charge in [0.1, 0.15) is 29.7 Å². The third-order valence-corrected chi connectivity index (χ3v) is 3.28. The second-order valence-corrected chi connectivity index (χ2v) is 5.41. The fraction of sp³-hybridized carbons (Fsp3) is 0.333. The molecule has 0 bridgehead atoms. The maximum absolute atomic E-state index is 13.2. The predicted octanol–water partition coefficient (Wildman–Crippen LogP) is 4.18. The van der Waals surface area contributed by atoms with Gasteiger partial charge in [0.15, 0.2) is 0 Å². The number of nitrogens with one attached hydrogen (secondary N) is 1. The molecule has 0 radical (unpaired) electrons. The molecule has 20 heavy (non-hydrogen) atoms. The van der Waals surface area contributed by atoms with Gasteiger partial charge in [0.2, 0.25) is 0 Å². The summed E-state index contributed by atoms with van der Waals surface area (Å²) in [6.45, 7) is 5.92. The van der Waals surface area contributed by atoms with Crippen LogP contribution in [0, 0.1) is 12.7 Å². The molecule has 2 aromatic rings. The molecule has 1 N–H and O–H groups in total. The van der Waals surface area contributed by atoms with E-state index in [0.29, 0.717) is 16.8 Å². The molecule has 1 aromatic heterocycles. The zero-order valence-corrected chi connectivity index (χ0v) is 13.1. The van der Waals surface area contributed by atoms with E-state index in [2.05, 4.69) is 21.2 Å². The van der Waals surface area contributed by atoms with Crippen molar-refractivity contribution in [3.05, 3.63) is 51.6 Å². The van der Waals surface area contributed by atoms with Crippen LogP contribution in [0.4, 0.5) is 4.39 Å². The minimum Gasteiger partial charge on any atom is -0.486 e. The first-order valence-electron chi connectivity index (χ1n) is 6.46. The van der Waals surface area contributed by atoms with Crippen LogP contribution < -0.4 is 10.1 Å². The molecule has 108 valence electrons. The molecule has 0 spiro atoms. The summed E-state index contributed by atoms with van der Waals surface area (Å²) in [5, 5.41) is 3.22. The van der Waals surface area contributed by atoms with Gasteiger partial charge in [0.25, 0.3) is 0 Å². The van der Waals surface area contributed by atoms with Gasteiger partial charge >= 0.3 is 0 Å². The molecule has 1 heterocycles. The highest BCUT2D eigenvalue weighted by atomic mass is 79.9. The molecule has 0 fully saturated rings. The third kappa shape index (κ3) is 4.08. The van der Waals surface area contributed by atoms with Crippen LogP contribution in [-0.2, 0) is 13.2 Å². The molecule has 0 saturated carbocycles. The van der Waals surface area contributed by atoms with Crippen molar-refractivity contribution < 1.29 is 13.5 Å². The van der Waals surface area contributed by atoms with Crippen LogP contribution in [0.25, 0.3) is 0 Å². The Balaban J connectivity index is 2.00. The van der Waals surface area contributed by atoms with E-state index in [1.807, 2.05) is 19.9 Å². The van der Waals surface area contributed by atoms with Crippen molar-refractivity contribution in [2.45, 2.75) is 27.0 Å². The first kappa shape index (κ1) is 15.1. The summed E-state index contributed by atoms with van der Waals surface area (Å²) in [5.74, 6) is 1.78. The van der Waals surface area contributed by atoms with E-state index in [0.717, 1.165) is 23.6 Å². The zero-order chi connectivity index (χ0) is 14.5. The molecular weight excluding hydrogens is 325 g/mol. The second-order valence-electron chi connectivity index (χ2n) is 4.49. The molecule has 0 aliphatic rings. The Bertz CT molecular complexity index is 563. The van der Waals surface area contributed by atoms with E-state index in [1.165, 1.54) is 12.1 Å². The number of rotatable bonds is 6. The number of benzene rings is 1. The highest BCUT2D eigenvalue weighted by Gasteiger charge is 2.08. The fourth-order valence-electron chi connectivity index (χ4n) is 1.84. The molecule has 0 saturated heterocycles.